The van der Waals surface area contributed by atoms with Crippen molar-refractivity contribution in [3.63, 3.8) is 0 Å². The lowest BCUT2D eigenvalue weighted by Gasteiger charge is -2.32. The highest BCUT2D eigenvalue weighted by Gasteiger charge is 2.24. The van der Waals surface area contributed by atoms with E-state index in [2.05, 4.69) is 15.3 Å². The first-order valence-electron chi connectivity index (χ1n) is 11.7. The van der Waals surface area contributed by atoms with E-state index >= 15 is 0 Å². The van der Waals surface area contributed by atoms with E-state index in [4.69, 9.17) is 21.1 Å². The molecule has 0 spiro atoms. The van der Waals surface area contributed by atoms with E-state index in [1.807, 2.05) is 30.0 Å². The smallest absolute Gasteiger partial charge is 0.246 e. The molecule has 0 radical (unpaired) electrons. The molecule has 0 saturated carbocycles. The first kappa shape index (κ1) is 25.7. The number of anilines is 2. The lowest BCUT2D eigenvalue weighted by Crippen LogP contribution is -2.41. The van der Waals surface area contributed by atoms with Crippen LogP contribution in [0.15, 0.2) is 48.8 Å². The molecule has 2 aromatic carbocycles. The number of benzene rings is 2. The number of piperidine rings is 1. The highest BCUT2D eigenvalue weighted by Crippen LogP contribution is 2.36. The monoisotopic (exact) mass is 513 g/mol. The molecule has 1 saturated heterocycles. The van der Waals surface area contributed by atoms with Gasteiger partial charge in [0, 0.05) is 50.0 Å². The van der Waals surface area contributed by atoms with E-state index in [1.54, 1.807) is 37.5 Å². The van der Waals surface area contributed by atoms with Gasteiger partial charge in [-0.25, -0.2) is 14.4 Å². The summed E-state index contributed by atoms with van der Waals surface area (Å²) in [6, 6.07) is 8.28. The van der Waals surface area contributed by atoms with Crippen LogP contribution < -0.4 is 14.8 Å². The molecule has 190 valence electrons. The van der Waals surface area contributed by atoms with Crippen LogP contribution in [0.5, 0.6) is 11.5 Å². The Kier molecular flexibility index (Phi) is 8.22. The number of carbonyl (C=O) groups excluding carboxylic acids is 1. The number of nitrogens with one attached hydrogen (secondary N) is 1. The maximum atomic E-state index is 14.5. The van der Waals surface area contributed by atoms with Crippen LogP contribution in [0.25, 0.3) is 10.9 Å². The number of rotatable bonds is 8. The molecule has 1 aromatic heterocycles. The number of halogens is 2. The van der Waals surface area contributed by atoms with Crippen molar-refractivity contribution in [3.8, 4) is 11.5 Å². The molecular weight excluding hydrogens is 485 g/mol. The van der Waals surface area contributed by atoms with Crippen LogP contribution in [0.2, 0.25) is 5.02 Å². The third-order valence-electron chi connectivity index (χ3n) is 5.90. The predicted molar refractivity (Wildman–Crippen MR) is 139 cm³/mol. The molecule has 2 heterocycles. The largest absolute Gasteiger partial charge is 0.493 e. The van der Waals surface area contributed by atoms with Crippen LogP contribution in [0.1, 0.15) is 12.8 Å². The number of carbonyl (C=O) groups is 1. The predicted octanol–water partition coefficient (Wildman–Crippen LogP) is 4.66. The van der Waals surface area contributed by atoms with Crippen molar-refractivity contribution >= 4 is 39.9 Å². The van der Waals surface area contributed by atoms with Gasteiger partial charge in [-0.05, 0) is 32.3 Å². The van der Waals surface area contributed by atoms with Gasteiger partial charge in [0.15, 0.2) is 17.3 Å². The standard InChI is InChI=1S/C26H29ClFN5O3/c1-32(2)11-5-8-24(34)33-12-9-17(10-13-33)36-23-14-18-21(15-22(23)35-3)29-16-30-26(18)31-20-7-4-6-19(27)25(20)28/h4-8,14-17H,9-13H2,1-3H3,(H,29,30,31). The average molecular weight is 514 g/mol. The molecule has 0 unspecified atom stereocenters. The molecule has 0 bridgehead atoms. The third kappa shape index (κ3) is 6.03. The number of methoxy groups -OCH3 is 1. The molecule has 1 aliphatic rings. The van der Waals surface area contributed by atoms with Gasteiger partial charge in [0.1, 0.15) is 18.2 Å². The van der Waals surface area contributed by atoms with Gasteiger partial charge >= 0.3 is 0 Å². The van der Waals surface area contributed by atoms with Gasteiger partial charge in [0.2, 0.25) is 5.91 Å². The molecule has 4 rings (SSSR count). The van der Waals surface area contributed by atoms with E-state index in [1.165, 1.54) is 12.4 Å². The zero-order valence-corrected chi connectivity index (χ0v) is 21.3. The van der Waals surface area contributed by atoms with E-state index in [9.17, 15) is 9.18 Å². The fraction of sp³-hybridized carbons (Fsp3) is 0.346. The first-order chi connectivity index (χ1) is 17.4. The summed E-state index contributed by atoms with van der Waals surface area (Å²) in [6.07, 6.45) is 6.19. The third-order valence-corrected chi connectivity index (χ3v) is 6.20. The number of aromatic nitrogens is 2. The number of nitrogens with zero attached hydrogens (tertiary/aromatic N) is 4. The number of ether oxygens (including phenoxy) is 2. The molecule has 1 fully saturated rings. The summed E-state index contributed by atoms with van der Waals surface area (Å²) in [4.78, 5) is 24.9. The van der Waals surface area contributed by atoms with E-state index in [-0.39, 0.29) is 22.7 Å². The maximum absolute atomic E-state index is 14.5. The fourth-order valence-electron chi connectivity index (χ4n) is 3.99. The van der Waals surface area contributed by atoms with Gasteiger partial charge in [0.25, 0.3) is 0 Å². The number of hydrogen-bond acceptors (Lipinski definition) is 7. The SMILES string of the molecule is COc1cc2ncnc(Nc3cccc(Cl)c3F)c2cc1OC1CCN(C(=O)C=CCN(C)C)CC1. The van der Waals surface area contributed by atoms with Gasteiger partial charge in [-0.15, -0.1) is 0 Å². The zero-order valence-electron chi connectivity index (χ0n) is 20.5. The second kappa shape index (κ2) is 11.5. The molecule has 10 heteroatoms. The summed E-state index contributed by atoms with van der Waals surface area (Å²) < 4.78 is 26.3. The second-order valence-electron chi connectivity index (χ2n) is 8.78. The van der Waals surface area contributed by atoms with E-state index in [0.29, 0.717) is 54.2 Å². The van der Waals surface area contributed by atoms with Gasteiger partial charge in [-0.2, -0.15) is 0 Å². The molecule has 36 heavy (non-hydrogen) atoms. The maximum Gasteiger partial charge on any atom is 0.246 e. The Bertz CT molecular complexity index is 1260. The summed E-state index contributed by atoms with van der Waals surface area (Å²) in [5.41, 5.74) is 0.821. The molecule has 1 amide bonds. The molecule has 0 aliphatic carbocycles. The molecule has 3 aromatic rings. The van der Waals surface area contributed by atoms with Crippen LogP contribution >= 0.6 is 11.6 Å². The Labute approximate surface area is 214 Å². The summed E-state index contributed by atoms with van der Waals surface area (Å²) in [6.45, 7) is 1.93. The topological polar surface area (TPSA) is 79.8 Å². The van der Waals surface area contributed by atoms with Crippen molar-refractivity contribution in [1.82, 2.24) is 19.8 Å². The number of likely N-dealkylation sites (N-methyl/N-ethyl adjacent to an activating group) is 1. The summed E-state index contributed by atoms with van der Waals surface area (Å²) in [7, 11) is 5.48. The second-order valence-corrected chi connectivity index (χ2v) is 9.18. The van der Waals surface area contributed by atoms with Crippen molar-refractivity contribution in [2.24, 2.45) is 0 Å². The quantitative estimate of drug-likeness (QED) is 0.439. The average Bonchev–Trinajstić information content (AvgIpc) is 2.87. The van der Waals surface area contributed by atoms with Crippen LogP contribution in [0.3, 0.4) is 0 Å². The van der Waals surface area contributed by atoms with Crippen molar-refractivity contribution < 1.29 is 18.7 Å². The van der Waals surface area contributed by atoms with Crippen LogP contribution in [-0.2, 0) is 4.79 Å². The number of fused-ring (bicyclic) bond motifs is 1. The molecule has 0 atom stereocenters. The molecular formula is C26H29ClFN5O3. The number of hydrogen-bond donors (Lipinski definition) is 1. The summed E-state index contributed by atoms with van der Waals surface area (Å²) >= 11 is 5.92. The molecule has 1 N–H and O–H groups in total. The Morgan fingerprint density at radius 1 is 1.25 bits per heavy atom. The van der Waals surface area contributed by atoms with Gasteiger partial charge in [-0.1, -0.05) is 23.7 Å². The van der Waals surface area contributed by atoms with Crippen LogP contribution in [-0.4, -0.2) is 72.6 Å². The number of amides is 1. The Morgan fingerprint density at radius 3 is 2.75 bits per heavy atom. The molecule has 8 nitrogen and oxygen atoms in total. The fourth-order valence-corrected chi connectivity index (χ4v) is 4.16. The minimum Gasteiger partial charge on any atom is -0.493 e. The first-order valence-corrected chi connectivity index (χ1v) is 12.0. The zero-order chi connectivity index (χ0) is 25.7. The van der Waals surface area contributed by atoms with Crippen LogP contribution in [0, 0.1) is 5.82 Å². The number of likely N-dealkylation sites (tertiary alicyclic amines) is 1. The van der Waals surface area contributed by atoms with E-state index < -0.39 is 5.82 Å². The van der Waals surface area contributed by atoms with Gasteiger partial charge in [0.05, 0.1) is 23.3 Å². The van der Waals surface area contributed by atoms with Crippen molar-refractivity contribution in [1.29, 1.82) is 0 Å². The lowest BCUT2D eigenvalue weighted by molar-refractivity contribution is -0.127. The van der Waals surface area contributed by atoms with E-state index in [0.717, 1.165) is 6.54 Å². The van der Waals surface area contributed by atoms with Crippen molar-refractivity contribution in [2.45, 2.75) is 18.9 Å². The minimum atomic E-state index is -0.561. The van der Waals surface area contributed by atoms with Gasteiger partial charge < -0.3 is 24.6 Å². The highest BCUT2D eigenvalue weighted by molar-refractivity contribution is 6.31. The Balaban J connectivity index is 1.50. The molecule has 1 aliphatic heterocycles. The summed E-state index contributed by atoms with van der Waals surface area (Å²) in [5, 5.41) is 3.67. The van der Waals surface area contributed by atoms with Crippen molar-refractivity contribution in [2.75, 3.05) is 46.2 Å². The highest BCUT2D eigenvalue weighted by atomic mass is 35.5. The van der Waals surface area contributed by atoms with Gasteiger partial charge in [-0.3, -0.25) is 4.79 Å². The normalized spacial score (nSPS) is 14.6. The minimum absolute atomic E-state index is 0.0136. The summed E-state index contributed by atoms with van der Waals surface area (Å²) in [5.74, 6) is 0.934. The Hall–Kier alpha value is -3.43. The Morgan fingerprint density at radius 2 is 2.03 bits per heavy atom. The lowest BCUT2D eigenvalue weighted by atomic mass is 10.1. The van der Waals surface area contributed by atoms with Crippen LogP contribution in [0.4, 0.5) is 15.9 Å². The van der Waals surface area contributed by atoms with Crippen molar-refractivity contribution in [3.05, 3.63) is 59.7 Å².